The van der Waals surface area contributed by atoms with Crippen LogP contribution in [0.15, 0.2) is 36.0 Å². The van der Waals surface area contributed by atoms with Crippen LogP contribution in [0.3, 0.4) is 0 Å². The van der Waals surface area contributed by atoms with Crippen LogP contribution in [0.25, 0.3) is 0 Å². The van der Waals surface area contributed by atoms with Crippen molar-refractivity contribution in [2.24, 2.45) is 5.92 Å². The highest BCUT2D eigenvalue weighted by Gasteiger charge is 2.50. The van der Waals surface area contributed by atoms with Crippen molar-refractivity contribution in [2.45, 2.75) is 19.5 Å². The topological polar surface area (TPSA) is 99.3 Å². The van der Waals surface area contributed by atoms with Crippen molar-refractivity contribution >= 4 is 29.3 Å². The molecule has 2 aliphatic heterocycles. The number of hydrogen-bond acceptors (Lipinski definition) is 6. The predicted molar refractivity (Wildman–Crippen MR) is 110 cm³/mol. The molecular weight excluding hydrogens is 388 g/mol. The fourth-order valence-corrected chi connectivity index (χ4v) is 3.85. The van der Waals surface area contributed by atoms with E-state index in [1.165, 1.54) is 18.9 Å². The van der Waals surface area contributed by atoms with Crippen LogP contribution >= 0.6 is 0 Å². The maximum atomic E-state index is 13.1. The molecule has 0 aromatic heterocycles. The van der Waals surface area contributed by atoms with E-state index < -0.39 is 24.0 Å². The summed E-state index contributed by atoms with van der Waals surface area (Å²) in [4.78, 5) is 54.2. The van der Waals surface area contributed by atoms with Gasteiger partial charge in [0.25, 0.3) is 5.91 Å². The molecule has 0 saturated carbocycles. The van der Waals surface area contributed by atoms with E-state index >= 15 is 0 Å². The van der Waals surface area contributed by atoms with Gasteiger partial charge in [0.15, 0.2) is 5.78 Å². The fraction of sp³-hybridized carbons (Fsp3) is 0.429. The summed E-state index contributed by atoms with van der Waals surface area (Å²) in [5, 5.41) is 2.80. The molecule has 1 saturated heterocycles. The third-order valence-electron chi connectivity index (χ3n) is 5.40. The Balaban J connectivity index is 1.89. The SMILES string of the molecule is COCCCN1C(C(=O)Nc2cccc(C(C)=O)c2)=CC2C(=O)N(C)C(=O)N(C)C21. The van der Waals surface area contributed by atoms with E-state index in [4.69, 9.17) is 4.74 Å². The van der Waals surface area contributed by atoms with E-state index in [2.05, 4.69) is 5.32 Å². The first-order valence-electron chi connectivity index (χ1n) is 9.70. The number of imide groups is 1. The number of nitrogens with one attached hydrogen (secondary N) is 1. The Labute approximate surface area is 175 Å². The molecule has 1 fully saturated rings. The molecule has 1 N–H and O–H groups in total. The van der Waals surface area contributed by atoms with Gasteiger partial charge in [-0.05, 0) is 31.6 Å². The molecule has 9 nitrogen and oxygen atoms in total. The lowest BCUT2D eigenvalue weighted by atomic mass is 10.0. The molecule has 4 amide bonds. The second-order valence-corrected chi connectivity index (χ2v) is 7.41. The zero-order chi connectivity index (χ0) is 22.0. The Morgan fingerprint density at radius 3 is 2.60 bits per heavy atom. The lowest BCUT2D eigenvalue weighted by molar-refractivity contribution is -0.137. The highest BCUT2D eigenvalue weighted by atomic mass is 16.5. The van der Waals surface area contributed by atoms with Crippen LogP contribution in [0, 0.1) is 5.92 Å². The number of fused-ring (bicyclic) bond motifs is 1. The third kappa shape index (κ3) is 3.93. The van der Waals surface area contributed by atoms with Gasteiger partial charge in [0, 0.05) is 45.6 Å². The molecule has 1 aromatic carbocycles. The molecule has 160 valence electrons. The number of rotatable bonds is 7. The first-order valence-corrected chi connectivity index (χ1v) is 9.70. The number of carbonyl (C=O) groups excluding carboxylic acids is 4. The van der Waals surface area contributed by atoms with Gasteiger partial charge >= 0.3 is 6.03 Å². The summed E-state index contributed by atoms with van der Waals surface area (Å²) in [5.74, 6) is -1.49. The molecular formula is C21H26N4O5. The van der Waals surface area contributed by atoms with Gasteiger partial charge in [-0.3, -0.25) is 19.3 Å². The van der Waals surface area contributed by atoms with E-state index in [0.29, 0.717) is 36.5 Å². The standard InChI is InChI=1S/C21H26N4O5/c1-13(26)14-7-5-8-15(11-14)22-18(27)17-12-16-19(25(17)9-6-10-30-4)23(2)21(29)24(3)20(16)28/h5,7-8,11-12,16,19H,6,9-10H2,1-4H3,(H,22,27). The van der Waals surface area contributed by atoms with Crippen LogP contribution < -0.4 is 5.32 Å². The summed E-state index contributed by atoms with van der Waals surface area (Å²) in [6.07, 6.45) is 1.67. The number of carbonyl (C=O) groups is 4. The van der Waals surface area contributed by atoms with Crippen molar-refractivity contribution in [3.63, 3.8) is 0 Å². The zero-order valence-electron chi connectivity index (χ0n) is 17.5. The lowest BCUT2D eigenvalue weighted by Gasteiger charge is -2.43. The Kier molecular flexibility index (Phi) is 6.21. The summed E-state index contributed by atoms with van der Waals surface area (Å²) in [6.45, 7) is 2.38. The number of methoxy groups -OCH3 is 1. The molecule has 0 aliphatic carbocycles. The third-order valence-corrected chi connectivity index (χ3v) is 5.40. The summed E-state index contributed by atoms with van der Waals surface area (Å²) in [7, 11) is 4.65. The van der Waals surface area contributed by atoms with Crippen molar-refractivity contribution in [3.8, 4) is 0 Å². The van der Waals surface area contributed by atoms with Gasteiger partial charge in [-0.15, -0.1) is 0 Å². The van der Waals surface area contributed by atoms with Crippen LogP contribution in [0.4, 0.5) is 10.5 Å². The Bertz CT molecular complexity index is 912. The van der Waals surface area contributed by atoms with Gasteiger partial charge in [0.05, 0.1) is 5.92 Å². The number of ketones is 1. The summed E-state index contributed by atoms with van der Waals surface area (Å²) < 4.78 is 5.12. The average molecular weight is 414 g/mol. The Morgan fingerprint density at radius 1 is 1.20 bits per heavy atom. The molecule has 0 spiro atoms. The van der Waals surface area contributed by atoms with Crippen LogP contribution in [-0.4, -0.2) is 78.9 Å². The van der Waals surface area contributed by atoms with Gasteiger partial charge in [0.2, 0.25) is 5.91 Å². The van der Waals surface area contributed by atoms with Crippen molar-refractivity contribution in [1.29, 1.82) is 0 Å². The van der Waals surface area contributed by atoms with Crippen molar-refractivity contribution < 1.29 is 23.9 Å². The van der Waals surface area contributed by atoms with Crippen molar-refractivity contribution in [3.05, 3.63) is 41.6 Å². The number of Topliss-reactive ketones (excluding diaryl/α,β-unsaturated/α-hetero) is 1. The zero-order valence-corrected chi connectivity index (χ0v) is 17.5. The lowest BCUT2D eigenvalue weighted by Crippen LogP contribution is -2.62. The van der Waals surface area contributed by atoms with Crippen LogP contribution in [0.1, 0.15) is 23.7 Å². The van der Waals surface area contributed by atoms with Crippen molar-refractivity contribution in [2.75, 3.05) is 39.7 Å². The minimum Gasteiger partial charge on any atom is -0.385 e. The summed E-state index contributed by atoms with van der Waals surface area (Å²) in [6, 6.07) is 6.25. The number of benzene rings is 1. The quantitative estimate of drug-likeness (QED) is 0.537. The first kappa shape index (κ1) is 21.5. The molecule has 1 aromatic rings. The first-order chi connectivity index (χ1) is 14.3. The number of ether oxygens (including phenoxy) is 1. The second kappa shape index (κ2) is 8.66. The molecule has 0 bridgehead atoms. The van der Waals surface area contributed by atoms with E-state index in [0.717, 1.165) is 4.90 Å². The minimum atomic E-state index is -0.635. The number of urea groups is 1. The van der Waals surface area contributed by atoms with Gasteiger partial charge in [-0.25, -0.2) is 4.79 Å². The maximum absolute atomic E-state index is 13.1. The predicted octanol–water partition coefficient (Wildman–Crippen LogP) is 1.53. The minimum absolute atomic E-state index is 0.104. The molecule has 9 heteroatoms. The van der Waals surface area contributed by atoms with Crippen LogP contribution in [-0.2, 0) is 14.3 Å². The van der Waals surface area contributed by atoms with Gasteiger partial charge in [-0.2, -0.15) is 0 Å². The van der Waals surface area contributed by atoms with E-state index in [-0.39, 0.29) is 11.7 Å². The molecule has 30 heavy (non-hydrogen) atoms. The van der Waals surface area contributed by atoms with E-state index in [9.17, 15) is 19.2 Å². The molecule has 0 radical (unpaired) electrons. The summed E-state index contributed by atoms with van der Waals surface area (Å²) >= 11 is 0. The maximum Gasteiger partial charge on any atom is 0.327 e. The largest absolute Gasteiger partial charge is 0.385 e. The second-order valence-electron chi connectivity index (χ2n) is 7.41. The monoisotopic (exact) mass is 414 g/mol. The van der Waals surface area contributed by atoms with E-state index in [1.807, 2.05) is 0 Å². The van der Waals surface area contributed by atoms with Crippen LogP contribution in [0.2, 0.25) is 0 Å². The molecule has 2 unspecified atom stereocenters. The summed E-state index contributed by atoms with van der Waals surface area (Å²) in [5.41, 5.74) is 1.28. The number of anilines is 1. The average Bonchev–Trinajstić information content (AvgIpc) is 3.11. The van der Waals surface area contributed by atoms with Crippen molar-refractivity contribution in [1.82, 2.24) is 14.7 Å². The molecule has 2 atom stereocenters. The number of hydrogen-bond donors (Lipinski definition) is 1. The smallest absolute Gasteiger partial charge is 0.327 e. The molecule has 2 aliphatic rings. The normalized spacial score (nSPS) is 20.9. The number of amides is 4. The molecule has 2 heterocycles. The molecule has 3 rings (SSSR count). The van der Waals surface area contributed by atoms with E-state index in [1.54, 1.807) is 49.4 Å². The van der Waals surface area contributed by atoms with Gasteiger partial charge < -0.3 is 19.9 Å². The van der Waals surface area contributed by atoms with Crippen LogP contribution in [0.5, 0.6) is 0 Å². The Morgan fingerprint density at radius 2 is 1.93 bits per heavy atom. The van der Waals surface area contributed by atoms with Gasteiger partial charge in [-0.1, -0.05) is 12.1 Å². The number of nitrogens with zero attached hydrogens (tertiary/aromatic N) is 3. The van der Waals surface area contributed by atoms with Gasteiger partial charge in [0.1, 0.15) is 11.9 Å². The fourth-order valence-electron chi connectivity index (χ4n) is 3.85. The highest BCUT2D eigenvalue weighted by molar-refractivity contribution is 6.07. The highest BCUT2D eigenvalue weighted by Crippen LogP contribution is 2.35. The Hall–Kier alpha value is -3.20.